The molecular formula is C32H29ClF6N5O3S2+. The van der Waals surface area contributed by atoms with Gasteiger partial charge >= 0.3 is 22.1 Å². The van der Waals surface area contributed by atoms with Crippen molar-refractivity contribution in [2.45, 2.75) is 35.3 Å². The van der Waals surface area contributed by atoms with Crippen molar-refractivity contribution in [1.82, 2.24) is 4.98 Å². The molecule has 1 unspecified atom stereocenters. The van der Waals surface area contributed by atoms with Gasteiger partial charge in [0.15, 0.2) is 16.8 Å². The first-order valence-corrected chi connectivity index (χ1v) is 17.6. The third kappa shape index (κ3) is 6.83. The first kappa shape index (κ1) is 35.0. The molecule has 260 valence electrons. The van der Waals surface area contributed by atoms with Crippen LogP contribution >= 0.6 is 22.9 Å². The van der Waals surface area contributed by atoms with Crippen molar-refractivity contribution < 1.29 is 43.4 Å². The molecule has 6 rings (SSSR count). The van der Waals surface area contributed by atoms with Gasteiger partial charge in [0, 0.05) is 37.3 Å². The average molecular weight is 745 g/mol. The zero-order valence-corrected chi connectivity index (χ0v) is 27.9. The molecule has 2 aromatic carbocycles. The van der Waals surface area contributed by atoms with E-state index in [9.17, 15) is 30.8 Å². The zero-order chi connectivity index (χ0) is 35.4. The molecule has 2 fully saturated rings. The number of primary amides is 1. The predicted molar refractivity (Wildman–Crippen MR) is 173 cm³/mol. The minimum absolute atomic E-state index is 0.0867. The van der Waals surface area contributed by atoms with Crippen molar-refractivity contribution in [1.29, 1.82) is 0 Å². The van der Waals surface area contributed by atoms with Crippen LogP contribution in [0.5, 0.6) is 0 Å². The second-order valence-corrected chi connectivity index (χ2v) is 16.1. The highest BCUT2D eigenvalue weighted by Gasteiger charge is 2.65. The van der Waals surface area contributed by atoms with E-state index in [1.165, 1.54) is 42.5 Å². The summed E-state index contributed by atoms with van der Waals surface area (Å²) < 4.78 is 112. The van der Waals surface area contributed by atoms with E-state index in [-0.39, 0.29) is 31.2 Å². The molecule has 8 nitrogen and oxygen atoms in total. The number of alkyl halides is 5. The van der Waals surface area contributed by atoms with Crippen molar-refractivity contribution in [3.05, 3.63) is 94.1 Å². The highest BCUT2D eigenvalue weighted by molar-refractivity contribution is 7.88. The van der Waals surface area contributed by atoms with Crippen molar-refractivity contribution in [3.63, 3.8) is 0 Å². The van der Waals surface area contributed by atoms with Gasteiger partial charge in [0.2, 0.25) is 0 Å². The Morgan fingerprint density at radius 3 is 2.24 bits per heavy atom. The molecule has 0 aliphatic carbocycles. The standard InChI is InChI=1S/C32H28ClF6N5O3S2/c33-27-9-10-29(48-27)49(46,47)44(19-31(35,36)17-26(44)30(40)45)18-20-15-24(21-5-7-22(8-6-21)32(37,38)39)41-28(16-20)43-13-11-42(12-14-43)25-4-2-1-3-23(25)34/h1-10,15-16,26H,11-14,17-19H2,(H-,40,45)/p+1/t26-,44?/m0/s1. The van der Waals surface area contributed by atoms with Gasteiger partial charge < -0.3 is 15.5 Å². The number of hydrogen-bond donors (Lipinski definition) is 1. The Kier molecular flexibility index (Phi) is 9.13. The number of nitrogens with zero attached hydrogens (tertiary/aromatic N) is 4. The maximum Gasteiger partial charge on any atom is 0.416 e. The van der Waals surface area contributed by atoms with Crippen LogP contribution in [0, 0.1) is 5.82 Å². The fourth-order valence-corrected chi connectivity index (χ4v) is 10.3. The van der Waals surface area contributed by atoms with Crippen LogP contribution in [0.2, 0.25) is 4.34 Å². The maximum atomic E-state index is 15.2. The lowest BCUT2D eigenvalue weighted by Gasteiger charge is -2.38. The minimum Gasteiger partial charge on any atom is -0.366 e. The third-order valence-corrected chi connectivity index (χ3v) is 12.8. The number of thiophene rings is 1. The van der Waals surface area contributed by atoms with Crippen molar-refractivity contribution in [2.75, 3.05) is 42.5 Å². The number of benzene rings is 2. The predicted octanol–water partition coefficient (Wildman–Crippen LogP) is 6.55. The summed E-state index contributed by atoms with van der Waals surface area (Å²) >= 11 is 6.68. The molecule has 0 spiro atoms. The van der Waals surface area contributed by atoms with E-state index in [2.05, 4.69) is 4.98 Å². The highest BCUT2D eigenvalue weighted by Crippen LogP contribution is 2.46. The Bertz CT molecular complexity index is 1990. The molecule has 0 bridgehead atoms. The molecule has 2 aromatic heterocycles. The molecule has 4 aromatic rings. The summed E-state index contributed by atoms with van der Waals surface area (Å²) in [6, 6.07) is 14.0. The lowest BCUT2D eigenvalue weighted by atomic mass is 10.1. The molecule has 2 saturated heterocycles. The van der Waals surface area contributed by atoms with Crippen LogP contribution in [0.4, 0.5) is 37.8 Å². The largest absolute Gasteiger partial charge is 0.416 e. The summed E-state index contributed by atoms with van der Waals surface area (Å²) in [5.41, 5.74) is 5.68. The summed E-state index contributed by atoms with van der Waals surface area (Å²) in [6.45, 7) is -0.513. The van der Waals surface area contributed by atoms with Gasteiger partial charge in [-0.15, -0.1) is 11.3 Å². The van der Waals surface area contributed by atoms with Crippen molar-refractivity contribution in [2.24, 2.45) is 5.73 Å². The number of pyridine rings is 1. The van der Waals surface area contributed by atoms with E-state index in [4.69, 9.17) is 17.3 Å². The molecule has 4 heterocycles. The van der Waals surface area contributed by atoms with E-state index in [1.54, 1.807) is 18.2 Å². The number of amides is 1. The SMILES string of the molecule is NC(=O)[C@@H]1CC(F)(F)C[N+]1(Cc1cc(-c2ccc(C(F)(F)F)cc2)nc(N2CCN(c3ccccc3F)CC2)c1)S(=O)(=O)c1ccc(Cl)s1. The second-order valence-electron chi connectivity index (χ2n) is 12.0. The topological polar surface area (TPSA) is 96.6 Å². The number of halogens is 7. The molecule has 0 radical (unpaired) electrons. The van der Waals surface area contributed by atoms with Gasteiger partial charge in [0.1, 0.15) is 18.2 Å². The van der Waals surface area contributed by atoms with Gasteiger partial charge in [-0.05, 0) is 48.5 Å². The van der Waals surface area contributed by atoms with Crippen LogP contribution in [0.15, 0.2) is 77.0 Å². The molecule has 2 atom stereocenters. The van der Waals surface area contributed by atoms with Crippen LogP contribution in [-0.2, 0) is 27.5 Å². The maximum absolute atomic E-state index is 15.2. The Morgan fingerprint density at radius 1 is 1.00 bits per heavy atom. The van der Waals surface area contributed by atoms with Crippen molar-refractivity contribution in [3.8, 4) is 11.3 Å². The van der Waals surface area contributed by atoms with E-state index < -0.39 is 68.9 Å². The number of carbonyl (C=O) groups is 1. The summed E-state index contributed by atoms with van der Waals surface area (Å²) in [5.74, 6) is -4.92. The van der Waals surface area contributed by atoms with Crippen LogP contribution in [0.3, 0.4) is 0 Å². The molecule has 2 N–H and O–H groups in total. The van der Waals surface area contributed by atoms with Crippen molar-refractivity contribution >= 4 is 50.4 Å². The summed E-state index contributed by atoms with van der Waals surface area (Å²) in [7, 11) is -4.73. The first-order chi connectivity index (χ1) is 23.0. The second kappa shape index (κ2) is 12.8. The van der Waals surface area contributed by atoms with Crippen LogP contribution in [0.25, 0.3) is 11.3 Å². The zero-order valence-electron chi connectivity index (χ0n) is 25.5. The Balaban J connectivity index is 1.44. The smallest absolute Gasteiger partial charge is 0.366 e. The number of para-hydroxylation sites is 1. The van der Waals surface area contributed by atoms with Gasteiger partial charge in [-0.25, -0.2) is 18.2 Å². The minimum atomic E-state index is -4.73. The molecule has 2 aliphatic rings. The van der Waals surface area contributed by atoms with Crippen LogP contribution < -0.4 is 15.5 Å². The van der Waals surface area contributed by atoms with Gasteiger partial charge in [0.05, 0.1) is 27.7 Å². The van der Waals surface area contributed by atoms with E-state index >= 15 is 8.78 Å². The average Bonchev–Trinajstić information content (AvgIpc) is 3.62. The van der Waals surface area contributed by atoms with E-state index in [0.29, 0.717) is 43.2 Å². The Hall–Kier alpha value is -3.86. The molecular weight excluding hydrogens is 716 g/mol. The number of carbonyl (C=O) groups excluding carboxylic acids is 1. The number of aromatic nitrogens is 1. The number of piperazine rings is 1. The molecule has 17 heteroatoms. The normalized spacial score (nSPS) is 21.2. The highest BCUT2D eigenvalue weighted by atomic mass is 35.5. The molecule has 49 heavy (non-hydrogen) atoms. The number of nitrogens with two attached hydrogens (primary N) is 1. The summed E-state index contributed by atoms with van der Waals surface area (Å²) in [5, 5.41) is 0. The number of likely N-dealkylation sites (tertiary alicyclic amines) is 1. The van der Waals surface area contributed by atoms with Crippen LogP contribution in [-0.4, -0.2) is 67.9 Å². The Labute approximate surface area is 287 Å². The first-order valence-electron chi connectivity index (χ1n) is 15.0. The van der Waals surface area contributed by atoms with E-state index in [1.807, 2.05) is 9.80 Å². The number of sulfonamides is 1. The number of rotatable bonds is 8. The number of quaternary nitrogens is 1. The van der Waals surface area contributed by atoms with Crippen LogP contribution in [0.1, 0.15) is 17.5 Å². The lowest BCUT2D eigenvalue weighted by molar-refractivity contribution is -0.827. The molecule has 1 amide bonds. The lowest BCUT2D eigenvalue weighted by Crippen LogP contribution is -2.59. The summed E-state index contributed by atoms with van der Waals surface area (Å²) in [4.78, 5) is 21.1. The molecule has 2 aliphatic heterocycles. The van der Waals surface area contributed by atoms with E-state index in [0.717, 1.165) is 12.1 Å². The fourth-order valence-electron chi connectivity index (χ4n) is 6.46. The Morgan fingerprint density at radius 2 is 1.65 bits per heavy atom. The van der Waals surface area contributed by atoms with Gasteiger partial charge in [0.25, 0.3) is 5.91 Å². The number of anilines is 2. The van der Waals surface area contributed by atoms with Gasteiger partial charge in [-0.1, -0.05) is 35.9 Å². The van der Waals surface area contributed by atoms with Gasteiger partial charge in [-0.3, -0.25) is 4.79 Å². The quantitative estimate of drug-likeness (QED) is 0.163. The third-order valence-electron chi connectivity index (χ3n) is 8.80. The fraction of sp³-hybridized carbons (Fsp3) is 0.312. The number of hydrogen-bond acceptors (Lipinski definition) is 7. The molecule has 0 saturated carbocycles. The summed E-state index contributed by atoms with van der Waals surface area (Å²) in [6.07, 6.45) is -5.71. The van der Waals surface area contributed by atoms with Gasteiger partial charge in [-0.2, -0.15) is 25.5 Å². The monoisotopic (exact) mass is 744 g/mol.